The lowest BCUT2D eigenvalue weighted by molar-refractivity contribution is 0.0602. The van der Waals surface area contributed by atoms with Gasteiger partial charge in [0, 0.05) is 10.0 Å². The second kappa shape index (κ2) is 11.8. The largest absolute Gasteiger partial charge is 0.465 e. The number of anilines is 2. The molecule has 0 saturated carbocycles. The Kier molecular flexibility index (Phi) is 8.51. The monoisotopic (exact) mass is 612 g/mol. The smallest absolute Gasteiger partial charge is 0.340 e. The molecule has 4 rings (SSSR count). The van der Waals surface area contributed by atoms with E-state index in [4.69, 9.17) is 16.3 Å². The fourth-order valence-corrected chi connectivity index (χ4v) is 5.89. The maximum atomic E-state index is 13.9. The number of nitrogens with zero attached hydrogens (tertiary/aromatic N) is 1. The fourth-order valence-electron chi connectivity index (χ4n) is 3.73. The third kappa shape index (κ3) is 6.07. The Bertz CT molecular complexity index is 1600. The number of carbonyl (C=O) groups is 2. The van der Waals surface area contributed by atoms with Crippen molar-refractivity contribution in [1.82, 2.24) is 0 Å². The van der Waals surface area contributed by atoms with Gasteiger partial charge in [0.25, 0.3) is 15.9 Å². The average molecular weight is 614 g/mol. The summed E-state index contributed by atoms with van der Waals surface area (Å²) >= 11 is 9.70. The van der Waals surface area contributed by atoms with Crippen LogP contribution < -0.4 is 9.62 Å². The molecule has 0 heterocycles. The zero-order chi connectivity index (χ0) is 27.3. The molecule has 10 heteroatoms. The van der Waals surface area contributed by atoms with Crippen molar-refractivity contribution in [2.75, 3.05) is 16.7 Å². The number of carbonyl (C=O) groups excluding carboxylic acids is 2. The van der Waals surface area contributed by atoms with Crippen LogP contribution in [0, 0.1) is 0 Å². The van der Waals surface area contributed by atoms with Gasteiger partial charge in [0.1, 0.15) is 0 Å². The Labute approximate surface area is 234 Å². The van der Waals surface area contributed by atoms with Gasteiger partial charge in [-0.3, -0.25) is 9.10 Å². The lowest BCUT2D eigenvalue weighted by Crippen LogP contribution is -2.31. The summed E-state index contributed by atoms with van der Waals surface area (Å²) in [5, 5.41) is 2.94. The van der Waals surface area contributed by atoms with Crippen molar-refractivity contribution in [2.45, 2.75) is 11.4 Å². The summed E-state index contributed by atoms with van der Waals surface area (Å²) < 4.78 is 34.5. The number of nitrogens with one attached hydrogen (secondary N) is 1. The summed E-state index contributed by atoms with van der Waals surface area (Å²) in [6.45, 7) is 0.0325. The summed E-state index contributed by atoms with van der Waals surface area (Å²) in [5.41, 5.74) is 1.52. The number of esters is 1. The van der Waals surface area contributed by atoms with E-state index in [-0.39, 0.29) is 33.3 Å². The minimum absolute atomic E-state index is 0.0325. The lowest BCUT2D eigenvalue weighted by atomic mass is 10.1. The number of benzene rings is 4. The second-order valence-electron chi connectivity index (χ2n) is 8.11. The first-order chi connectivity index (χ1) is 18.2. The minimum atomic E-state index is -4.15. The van der Waals surface area contributed by atoms with Crippen molar-refractivity contribution in [2.24, 2.45) is 0 Å². The second-order valence-corrected chi connectivity index (χ2v) is 11.3. The molecule has 0 spiro atoms. The molecule has 0 aliphatic carbocycles. The highest BCUT2D eigenvalue weighted by Crippen LogP contribution is 2.32. The van der Waals surface area contributed by atoms with E-state index in [2.05, 4.69) is 21.2 Å². The van der Waals surface area contributed by atoms with E-state index < -0.39 is 21.9 Å². The van der Waals surface area contributed by atoms with Crippen molar-refractivity contribution in [3.8, 4) is 0 Å². The fraction of sp³-hybridized carbons (Fsp3) is 0.0714. The highest BCUT2D eigenvalue weighted by Gasteiger charge is 2.28. The van der Waals surface area contributed by atoms with Gasteiger partial charge >= 0.3 is 5.97 Å². The Morgan fingerprint density at radius 2 is 1.63 bits per heavy atom. The van der Waals surface area contributed by atoms with Crippen LogP contribution in [0.3, 0.4) is 0 Å². The molecule has 1 N–H and O–H groups in total. The van der Waals surface area contributed by atoms with Gasteiger partial charge in [0.2, 0.25) is 0 Å². The molecule has 194 valence electrons. The molecule has 0 radical (unpaired) electrons. The Morgan fingerprint density at radius 3 is 2.34 bits per heavy atom. The third-order valence-electron chi connectivity index (χ3n) is 5.61. The van der Waals surface area contributed by atoms with Crippen LogP contribution >= 0.6 is 27.5 Å². The maximum absolute atomic E-state index is 13.9. The molecule has 0 bridgehead atoms. The molecule has 0 aliphatic heterocycles. The van der Waals surface area contributed by atoms with E-state index in [0.29, 0.717) is 10.2 Å². The summed E-state index contributed by atoms with van der Waals surface area (Å²) in [7, 11) is -2.91. The molecule has 4 aromatic carbocycles. The summed E-state index contributed by atoms with van der Waals surface area (Å²) in [6, 6.07) is 26.2. The standard InChI is InChI=1S/C28H22BrClN2O5S/c1-37-28(34)23-17-21(29)14-15-25(23)31-27(33)20-10-7-11-22(16-20)38(35,36)32(18-19-8-3-2-4-9-19)26-13-6-5-12-24(26)30/h2-17H,18H2,1H3,(H,31,33). The first-order valence-electron chi connectivity index (χ1n) is 11.3. The van der Waals surface area contributed by atoms with Crippen molar-refractivity contribution in [3.05, 3.63) is 123 Å². The summed E-state index contributed by atoms with van der Waals surface area (Å²) in [4.78, 5) is 25.2. The lowest BCUT2D eigenvalue weighted by Gasteiger charge is -2.26. The van der Waals surface area contributed by atoms with Crippen LogP contribution in [0.15, 0.2) is 106 Å². The molecule has 0 aliphatic rings. The van der Waals surface area contributed by atoms with Gasteiger partial charge in [-0.15, -0.1) is 0 Å². The predicted octanol–water partition coefficient (Wildman–Crippen LogP) is 6.54. The van der Waals surface area contributed by atoms with E-state index >= 15 is 0 Å². The van der Waals surface area contributed by atoms with Crippen molar-refractivity contribution in [3.63, 3.8) is 0 Å². The van der Waals surface area contributed by atoms with Crippen molar-refractivity contribution < 1.29 is 22.7 Å². The van der Waals surface area contributed by atoms with Crippen LogP contribution in [-0.4, -0.2) is 27.4 Å². The molecule has 4 aromatic rings. The Hall–Kier alpha value is -3.66. The molecular formula is C28H22BrClN2O5S. The number of hydrogen-bond donors (Lipinski definition) is 1. The maximum Gasteiger partial charge on any atom is 0.340 e. The number of sulfonamides is 1. The molecule has 38 heavy (non-hydrogen) atoms. The van der Waals surface area contributed by atoms with Gasteiger partial charge in [0.15, 0.2) is 0 Å². The predicted molar refractivity (Wildman–Crippen MR) is 151 cm³/mol. The number of ether oxygens (including phenoxy) is 1. The molecule has 0 saturated heterocycles. The number of hydrogen-bond acceptors (Lipinski definition) is 5. The van der Waals surface area contributed by atoms with E-state index in [1.165, 1.54) is 41.7 Å². The van der Waals surface area contributed by atoms with Crippen molar-refractivity contribution >= 4 is 60.8 Å². The number of methoxy groups -OCH3 is 1. The van der Waals surface area contributed by atoms with E-state index in [1.54, 1.807) is 36.4 Å². The van der Waals surface area contributed by atoms with Gasteiger partial charge in [-0.25, -0.2) is 13.2 Å². The van der Waals surface area contributed by atoms with Gasteiger partial charge < -0.3 is 10.1 Å². The number of rotatable bonds is 8. The number of halogens is 2. The number of para-hydroxylation sites is 1. The SMILES string of the molecule is COC(=O)c1cc(Br)ccc1NC(=O)c1cccc(S(=O)(=O)N(Cc2ccccc2)c2ccccc2Cl)c1. The number of amides is 1. The zero-order valence-electron chi connectivity index (χ0n) is 20.1. The topological polar surface area (TPSA) is 92.8 Å². The van der Waals surface area contributed by atoms with Crippen LogP contribution in [0.4, 0.5) is 11.4 Å². The third-order valence-corrected chi connectivity index (χ3v) is 8.18. The van der Waals surface area contributed by atoms with Crippen molar-refractivity contribution in [1.29, 1.82) is 0 Å². The highest BCUT2D eigenvalue weighted by atomic mass is 79.9. The first kappa shape index (κ1) is 27.4. The van der Waals surface area contributed by atoms with Gasteiger partial charge in [-0.2, -0.15) is 0 Å². The van der Waals surface area contributed by atoms with E-state index in [9.17, 15) is 18.0 Å². The van der Waals surface area contributed by atoms with Gasteiger partial charge in [0.05, 0.1) is 40.5 Å². The van der Waals surface area contributed by atoms with Crippen LogP contribution in [0.5, 0.6) is 0 Å². The van der Waals surface area contributed by atoms with Crippen LogP contribution in [-0.2, 0) is 21.3 Å². The molecule has 0 unspecified atom stereocenters. The Balaban J connectivity index is 1.70. The summed E-state index contributed by atoms with van der Waals surface area (Å²) in [6.07, 6.45) is 0. The van der Waals surface area contributed by atoms with Gasteiger partial charge in [-0.05, 0) is 54.1 Å². The first-order valence-corrected chi connectivity index (χ1v) is 13.9. The van der Waals surface area contributed by atoms with E-state index in [1.807, 2.05) is 30.3 Å². The van der Waals surface area contributed by atoms with E-state index in [0.717, 1.165) is 5.56 Å². The summed E-state index contributed by atoms with van der Waals surface area (Å²) in [5.74, 6) is -1.23. The highest BCUT2D eigenvalue weighted by molar-refractivity contribution is 9.10. The Morgan fingerprint density at radius 1 is 0.921 bits per heavy atom. The molecule has 0 aromatic heterocycles. The normalized spacial score (nSPS) is 11.0. The molecule has 0 atom stereocenters. The minimum Gasteiger partial charge on any atom is -0.465 e. The molecular weight excluding hydrogens is 592 g/mol. The van der Waals surface area contributed by atoms with Crippen LogP contribution in [0.25, 0.3) is 0 Å². The molecule has 7 nitrogen and oxygen atoms in total. The van der Waals surface area contributed by atoms with Crippen LogP contribution in [0.1, 0.15) is 26.3 Å². The average Bonchev–Trinajstić information content (AvgIpc) is 2.93. The zero-order valence-corrected chi connectivity index (χ0v) is 23.3. The van der Waals surface area contributed by atoms with Crippen LogP contribution in [0.2, 0.25) is 5.02 Å². The molecule has 0 fully saturated rings. The molecule has 1 amide bonds. The van der Waals surface area contributed by atoms with Gasteiger partial charge in [-0.1, -0.05) is 76.1 Å². The quantitative estimate of drug-likeness (QED) is 0.228.